The van der Waals surface area contributed by atoms with Gasteiger partial charge in [0.25, 0.3) is 0 Å². The summed E-state index contributed by atoms with van der Waals surface area (Å²) in [6, 6.07) is 7.85. The lowest BCUT2D eigenvalue weighted by molar-refractivity contribution is 0.00319. The number of fused-ring (bicyclic) bond motifs is 1. The molecule has 14 heavy (non-hydrogen) atoms. The molecule has 0 aromatic heterocycles. The zero-order valence-corrected chi connectivity index (χ0v) is 7.90. The van der Waals surface area contributed by atoms with E-state index in [2.05, 4.69) is 5.32 Å². The molecule has 3 rings (SSSR count). The normalized spacial score (nSPS) is 25.6. The first-order valence-electron chi connectivity index (χ1n) is 5.06. The summed E-state index contributed by atoms with van der Waals surface area (Å²) in [7, 11) is 0. The Labute approximate surface area is 83.0 Å². The maximum atomic E-state index is 5.73. The van der Waals surface area contributed by atoms with Crippen molar-refractivity contribution in [1.29, 1.82) is 0 Å². The molecule has 1 atom stereocenters. The van der Waals surface area contributed by atoms with Crippen LogP contribution in [0.5, 0.6) is 11.5 Å². The number of rotatable bonds is 1. The van der Waals surface area contributed by atoms with Gasteiger partial charge in [-0.1, -0.05) is 12.1 Å². The Morgan fingerprint density at radius 3 is 2.43 bits per heavy atom. The van der Waals surface area contributed by atoms with Gasteiger partial charge >= 0.3 is 0 Å². The van der Waals surface area contributed by atoms with Gasteiger partial charge in [-0.3, -0.25) is 0 Å². The minimum absolute atomic E-state index is 0.0811. The van der Waals surface area contributed by atoms with E-state index in [1.807, 2.05) is 24.3 Å². The second-order valence-electron chi connectivity index (χ2n) is 3.80. The summed E-state index contributed by atoms with van der Waals surface area (Å²) in [5.74, 6) is 2.25. The SMILES string of the molecule is c1ccc2c(c1)OC(C1CCNC1)O2. The van der Waals surface area contributed by atoms with Gasteiger partial charge in [-0.25, -0.2) is 0 Å². The number of hydrogen-bond acceptors (Lipinski definition) is 3. The van der Waals surface area contributed by atoms with E-state index in [4.69, 9.17) is 9.47 Å². The van der Waals surface area contributed by atoms with Gasteiger partial charge in [-0.2, -0.15) is 0 Å². The van der Waals surface area contributed by atoms with Crippen molar-refractivity contribution in [2.45, 2.75) is 12.7 Å². The molecule has 1 aromatic carbocycles. The molecule has 2 aliphatic heterocycles. The van der Waals surface area contributed by atoms with Crippen LogP contribution in [0.25, 0.3) is 0 Å². The second kappa shape index (κ2) is 3.17. The molecule has 2 heterocycles. The van der Waals surface area contributed by atoms with Crippen LogP contribution in [0.4, 0.5) is 0 Å². The Balaban J connectivity index is 1.77. The van der Waals surface area contributed by atoms with E-state index in [9.17, 15) is 0 Å². The van der Waals surface area contributed by atoms with Crippen LogP contribution < -0.4 is 14.8 Å². The van der Waals surface area contributed by atoms with E-state index < -0.39 is 0 Å². The topological polar surface area (TPSA) is 30.5 Å². The maximum Gasteiger partial charge on any atom is 0.245 e. The van der Waals surface area contributed by atoms with E-state index in [1.54, 1.807) is 0 Å². The lowest BCUT2D eigenvalue weighted by atomic mass is 10.1. The molecule has 0 bridgehead atoms. The van der Waals surface area contributed by atoms with Crippen molar-refractivity contribution in [3.05, 3.63) is 24.3 Å². The Hall–Kier alpha value is -1.22. The highest BCUT2D eigenvalue weighted by Gasteiger charge is 2.33. The van der Waals surface area contributed by atoms with E-state index in [1.165, 1.54) is 0 Å². The number of para-hydroxylation sites is 2. The van der Waals surface area contributed by atoms with Gasteiger partial charge in [0.2, 0.25) is 6.29 Å². The Bertz CT molecular complexity index is 309. The summed E-state index contributed by atoms with van der Waals surface area (Å²) in [6.07, 6.45) is 1.06. The fourth-order valence-corrected chi connectivity index (χ4v) is 2.02. The molecule has 0 aliphatic carbocycles. The average Bonchev–Trinajstić information content (AvgIpc) is 2.86. The minimum atomic E-state index is -0.0811. The lowest BCUT2D eigenvalue weighted by Gasteiger charge is -2.15. The monoisotopic (exact) mass is 191 g/mol. The van der Waals surface area contributed by atoms with Crippen LogP contribution >= 0.6 is 0 Å². The highest BCUT2D eigenvalue weighted by Crippen LogP contribution is 2.36. The quantitative estimate of drug-likeness (QED) is 0.727. The lowest BCUT2D eigenvalue weighted by Crippen LogP contribution is -2.30. The van der Waals surface area contributed by atoms with Crippen molar-refractivity contribution in [3.63, 3.8) is 0 Å². The zero-order chi connectivity index (χ0) is 9.38. The number of ether oxygens (including phenoxy) is 2. The largest absolute Gasteiger partial charge is 0.451 e. The summed E-state index contributed by atoms with van der Waals surface area (Å²) in [4.78, 5) is 0. The first kappa shape index (κ1) is 8.12. The molecule has 3 heteroatoms. The van der Waals surface area contributed by atoms with Gasteiger partial charge in [0.1, 0.15) is 0 Å². The van der Waals surface area contributed by atoms with Gasteiger partial charge in [0.05, 0.1) is 0 Å². The first-order chi connectivity index (χ1) is 6.93. The number of nitrogens with one attached hydrogen (secondary N) is 1. The van der Waals surface area contributed by atoms with E-state index in [-0.39, 0.29) is 6.29 Å². The third-order valence-electron chi connectivity index (χ3n) is 2.82. The zero-order valence-electron chi connectivity index (χ0n) is 7.90. The van der Waals surface area contributed by atoms with Crippen LogP contribution in [0.3, 0.4) is 0 Å². The summed E-state index contributed by atoms with van der Waals surface area (Å²) >= 11 is 0. The number of hydrogen-bond donors (Lipinski definition) is 1. The molecule has 74 valence electrons. The maximum absolute atomic E-state index is 5.73. The smallest absolute Gasteiger partial charge is 0.245 e. The van der Waals surface area contributed by atoms with Crippen LogP contribution in [0.2, 0.25) is 0 Å². The van der Waals surface area contributed by atoms with E-state index in [0.29, 0.717) is 5.92 Å². The minimum Gasteiger partial charge on any atom is -0.451 e. The van der Waals surface area contributed by atoms with Crippen molar-refractivity contribution in [2.24, 2.45) is 5.92 Å². The van der Waals surface area contributed by atoms with Crippen molar-refractivity contribution < 1.29 is 9.47 Å². The Morgan fingerprint density at radius 1 is 1.14 bits per heavy atom. The summed E-state index contributed by atoms with van der Waals surface area (Å²) < 4.78 is 11.5. The number of benzene rings is 1. The molecule has 1 saturated heterocycles. The van der Waals surface area contributed by atoms with Crippen LogP contribution in [0, 0.1) is 5.92 Å². The summed E-state index contributed by atoms with van der Waals surface area (Å²) in [6.45, 7) is 2.07. The van der Waals surface area contributed by atoms with E-state index >= 15 is 0 Å². The van der Waals surface area contributed by atoms with Crippen LogP contribution in [-0.4, -0.2) is 19.4 Å². The van der Waals surface area contributed by atoms with Crippen molar-refractivity contribution in [1.82, 2.24) is 5.32 Å². The van der Waals surface area contributed by atoms with Crippen molar-refractivity contribution in [2.75, 3.05) is 13.1 Å². The molecule has 1 unspecified atom stereocenters. The predicted molar refractivity (Wildman–Crippen MR) is 52.5 cm³/mol. The fourth-order valence-electron chi connectivity index (χ4n) is 2.02. The van der Waals surface area contributed by atoms with Crippen molar-refractivity contribution >= 4 is 0 Å². The van der Waals surface area contributed by atoms with Gasteiger partial charge < -0.3 is 14.8 Å². The highest BCUT2D eigenvalue weighted by molar-refractivity contribution is 5.41. The van der Waals surface area contributed by atoms with E-state index in [0.717, 1.165) is 31.0 Å². The van der Waals surface area contributed by atoms with Crippen LogP contribution in [0.15, 0.2) is 24.3 Å². The average molecular weight is 191 g/mol. The van der Waals surface area contributed by atoms with Gasteiger partial charge in [-0.15, -0.1) is 0 Å². The highest BCUT2D eigenvalue weighted by atomic mass is 16.7. The molecule has 0 radical (unpaired) electrons. The molecular weight excluding hydrogens is 178 g/mol. The molecule has 0 spiro atoms. The molecular formula is C11H13NO2. The third kappa shape index (κ3) is 1.24. The van der Waals surface area contributed by atoms with Gasteiger partial charge in [0.15, 0.2) is 11.5 Å². The Morgan fingerprint density at radius 2 is 1.86 bits per heavy atom. The first-order valence-corrected chi connectivity index (χ1v) is 5.06. The molecule has 3 nitrogen and oxygen atoms in total. The standard InChI is InChI=1S/C11H13NO2/c1-2-4-10-9(3-1)13-11(14-10)8-5-6-12-7-8/h1-4,8,11-12H,5-7H2. The molecule has 2 aliphatic rings. The molecule has 1 fully saturated rings. The second-order valence-corrected chi connectivity index (χ2v) is 3.80. The third-order valence-corrected chi connectivity index (χ3v) is 2.82. The van der Waals surface area contributed by atoms with Crippen LogP contribution in [0.1, 0.15) is 6.42 Å². The Kier molecular flexibility index (Phi) is 1.84. The van der Waals surface area contributed by atoms with Gasteiger partial charge in [-0.05, 0) is 25.1 Å². The molecule has 0 amide bonds. The summed E-state index contributed by atoms with van der Waals surface area (Å²) in [5, 5.41) is 3.32. The van der Waals surface area contributed by atoms with Crippen molar-refractivity contribution in [3.8, 4) is 11.5 Å². The molecule has 1 N–H and O–H groups in total. The predicted octanol–water partition coefficient (Wildman–Crippen LogP) is 1.39. The van der Waals surface area contributed by atoms with Crippen LogP contribution in [-0.2, 0) is 0 Å². The molecule has 0 saturated carbocycles. The fraction of sp³-hybridized carbons (Fsp3) is 0.455. The van der Waals surface area contributed by atoms with Gasteiger partial charge in [0, 0.05) is 12.5 Å². The molecule has 1 aromatic rings. The summed E-state index contributed by atoms with van der Waals surface area (Å²) in [5.41, 5.74) is 0.